The van der Waals surface area contributed by atoms with Gasteiger partial charge in [-0.15, -0.1) is 0 Å². The number of aryl methyl sites for hydroxylation is 1. The molecule has 3 atom stereocenters. The van der Waals surface area contributed by atoms with Crippen molar-refractivity contribution >= 4 is 11.5 Å². The van der Waals surface area contributed by atoms with Crippen molar-refractivity contribution in [2.45, 2.75) is 71.3 Å². The maximum Gasteiger partial charge on any atom is 0.306 e. The van der Waals surface area contributed by atoms with Gasteiger partial charge in [-0.2, -0.15) is 0 Å². The number of aromatic nitrogens is 1. The molecule has 2 aliphatic carbocycles. The fraction of sp³-hybridized carbons (Fsp3) is 0.429. The van der Waals surface area contributed by atoms with Gasteiger partial charge >= 0.3 is 5.97 Å². The lowest BCUT2D eigenvalue weighted by Crippen LogP contribution is -2.22. The Morgan fingerprint density at radius 1 is 1.10 bits per heavy atom. The minimum atomic E-state index is -0.758. The van der Waals surface area contributed by atoms with Gasteiger partial charge in [-0.1, -0.05) is 45.0 Å². The smallest absolute Gasteiger partial charge is 0.306 e. The van der Waals surface area contributed by atoms with E-state index in [1.807, 2.05) is 19.1 Å². The molecular formula is C35H38FNO4. The van der Waals surface area contributed by atoms with Gasteiger partial charge < -0.3 is 14.6 Å². The molecule has 1 aliphatic heterocycles. The van der Waals surface area contributed by atoms with Gasteiger partial charge in [0.05, 0.1) is 24.4 Å². The van der Waals surface area contributed by atoms with Crippen LogP contribution in [0, 0.1) is 23.1 Å². The van der Waals surface area contributed by atoms with E-state index in [1.54, 1.807) is 19.2 Å². The summed E-state index contributed by atoms with van der Waals surface area (Å²) in [7, 11) is 1.58. The van der Waals surface area contributed by atoms with Crippen LogP contribution in [0.1, 0.15) is 87.4 Å². The lowest BCUT2D eigenvalue weighted by molar-refractivity contribution is -0.142. The molecule has 3 aliphatic rings. The van der Waals surface area contributed by atoms with E-state index in [0.717, 1.165) is 77.9 Å². The number of pyridine rings is 1. The molecule has 214 valence electrons. The number of aliphatic carboxylic acids is 1. The number of methoxy groups -OCH3 is 1. The summed E-state index contributed by atoms with van der Waals surface area (Å²) in [6.07, 6.45) is 7.74. The van der Waals surface area contributed by atoms with Crippen molar-refractivity contribution in [1.82, 2.24) is 4.98 Å². The SMILES string of the molecule is COc1ccc(F)c(-c2ccc(C3CCc4ccc(C(C5CC5)[C@H](C)C(=O)O)cc4O3)nc2C2=CCCC2(C)C)c1. The minimum absolute atomic E-state index is 0.0138. The van der Waals surface area contributed by atoms with Crippen LogP contribution in [-0.2, 0) is 11.2 Å². The number of hydrogen-bond donors (Lipinski definition) is 1. The second-order valence-electron chi connectivity index (χ2n) is 12.5. The molecule has 2 aromatic carbocycles. The molecule has 1 fully saturated rings. The first-order valence-electron chi connectivity index (χ1n) is 14.7. The number of halogens is 1. The van der Waals surface area contributed by atoms with E-state index in [4.69, 9.17) is 14.5 Å². The fourth-order valence-electron chi connectivity index (χ4n) is 6.70. The van der Waals surface area contributed by atoms with Gasteiger partial charge in [0.25, 0.3) is 0 Å². The second-order valence-corrected chi connectivity index (χ2v) is 12.5. The van der Waals surface area contributed by atoms with Gasteiger partial charge in [0.15, 0.2) is 0 Å². The van der Waals surface area contributed by atoms with Crippen LogP contribution in [-0.4, -0.2) is 23.2 Å². The largest absolute Gasteiger partial charge is 0.497 e. The number of ether oxygens (including phenoxy) is 2. The Hall–Kier alpha value is -3.67. The first kappa shape index (κ1) is 27.5. The topological polar surface area (TPSA) is 68.7 Å². The van der Waals surface area contributed by atoms with Crippen molar-refractivity contribution in [3.63, 3.8) is 0 Å². The van der Waals surface area contributed by atoms with Crippen LogP contribution >= 0.6 is 0 Å². The summed E-state index contributed by atoms with van der Waals surface area (Å²) in [5.41, 5.74) is 6.07. The molecule has 0 radical (unpaired) electrons. The summed E-state index contributed by atoms with van der Waals surface area (Å²) in [5, 5.41) is 9.75. The van der Waals surface area contributed by atoms with Crippen molar-refractivity contribution in [1.29, 1.82) is 0 Å². The van der Waals surface area contributed by atoms with Gasteiger partial charge in [-0.25, -0.2) is 9.37 Å². The predicted molar refractivity (Wildman–Crippen MR) is 158 cm³/mol. The first-order chi connectivity index (χ1) is 19.7. The van der Waals surface area contributed by atoms with E-state index < -0.39 is 11.9 Å². The molecule has 6 heteroatoms. The Labute approximate surface area is 241 Å². The van der Waals surface area contributed by atoms with E-state index in [9.17, 15) is 9.90 Å². The molecule has 1 N–H and O–H groups in total. The van der Waals surface area contributed by atoms with Gasteiger partial charge in [0, 0.05) is 11.1 Å². The van der Waals surface area contributed by atoms with Crippen LogP contribution < -0.4 is 9.47 Å². The van der Waals surface area contributed by atoms with E-state index in [1.165, 1.54) is 6.07 Å². The number of carbonyl (C=O) groups is 1. The summed E-state index contributed by atoms with van der Waals surface area (Å²) in [6.45, 7) is 6.25. The van der Waals surface area contributed by atoms with Crippen molar-refractivity contribution in [2.24, 2.45) is 17.3 Å². The third kappa shape index (κ3) is 5.25. The zero-order chi connectivity index (χ0) is 28.9. The van der Waals surface area contributed by atoms with E-state index >= 15 is 4.39 Å². The molecule has 41 heavy (non-hydrogen) atoms. The quantitative estimate of drug-likeness (QED) is 0.302. The molecule has 3 aromatic rings. The minimum Gasteiger partial charge on any atom is -0.497 e. The van der Waals surface area contributed by atoms with E-state index in [0.29, 0.717) is 17.2 Å². The van der Waals surface area contributed by atoms with Gasteiger partial charge in [-0.3, -0.25) is 4.79 Å². The van der Waals surface area contributed by atoms with E-state index in [2.05, 4.69) is 38.1 Å². The molecule has 0 spiro atoms. The Kier molecular flexibility index (Phi) is 7.13. The summed E-state index contributed by atoms with van der Waals surface area (Å²) in [5.74, 6) is 0.294. The van der Waals surface area contributed by atoms with Crippen molar-refractivity contribution in [2.75, 3.05) is 7.11 Å². The van der Waals surface area contributed by atoms with Gasteiger partial charge in [-0.05, 0) is 103 Å². The standard InChI is InChI=1S/C35H38FNO4/c1-20(34(38)39)32(22-8-9-22)23-10-7-21-11-16-30(41-31(21)18-23)29-15-13-25(26-19-24(40-4)12-14-28(26)36)33(37-29)27-6-5-17-35(27,2)3/h6-7,10,12-15,18-20,22,30,32H,5,8-9,11,16-17H2,1-4H3,(H,38,39)/t20-,30?,32?/m0/s1. The van der Waals surface area contributed by atoms with Gasteiger partial charge in [0.2, 0.25) is 0 Å². The first-order valence-corrected chi connectivity index (χ1v) is 14.7. The number of carboxylic acids is 1. The lowest BCUT2D eigenvalue weighted by Gasteiger charge is -2.29. The molecule has 0 bridgehead atoms. The number of carboxylic acid groups (broad SMARTS) is 1. The van der Waals surface area contributed by atoms with Crippen LogP contribution in [0.5, 0.6) is 11.5 Å². The normalized spacial score (nSPS) is 20.9. The zero-order valence-electron chi connectivity index (χ0n) is 24.2. The number of benzene rings is 2. The number of nitrogens with zero attached hydrogens (tertiary/aromatic N) is 1. The molecule has 6 rings (SSSR count). The van der Waals surface area contributed by atoms with Crippen LogP contribution in [0.4, 0.5) is 4.39 Å². The molecule has 0 saturated heterocycles. The number of allylic oxidation sites excluding steroid dienone is 2. The molecule has 1 saturated carbocycles. The molecule has 5 nitrogen and oxygen atoms in total. The molecule has 2 unspecified atom stereocenters. The third-order valence-electron chi connectivity index (χ3n) is 9.29. The Bertz CT molecular complexity index is 1520. The Morgan fingerprint density at radius 3 is 2.59 bits per heavy atom. The molecule has 0 amide bonds. The molecule has 2 heterocycles. The van der Waals surface area contributed by atoms with Crippen molar-refractivity contribution < 1.29 is 23.8 Å². The fourth-order valence-corrected chi connectivity index (χ4v) is 6.70. The highest BCUT2D eigenvalue weighted by atomic mass is 19.1. The highest BCUT2D eigenvalue weighted by Crippen LogP contribution is 2.49. The van der Waals surface area contributed by atoms with E-state index in [-0.39, 0.29) is 23.3 Å². The lowest BCUT2D eigenvalue weighted by atomic mass is 9.81. The van der Waals surface area contributed by atoms with Crippen molar-refractivity contribution in [3.05, 3.63) is 82.9 Å². The zero-order valence-corrected chi connectivity index (χ0v) is 24.2. The Balaban J connectivity index is 1.37. The van der Waals surface area contributed by atoms with Gasteiger partial charge in [0.1, 0.15) is 23.4 Å². The van der Waals surface area contributed by atoms with Crippen molar-refractivity contribution in [3.8, 4) is 22.6 Å². The highest BCUT2D eigenvalue weighted by Gasteiger charge is 2.39. The molecular weight excluding hydrogens is 517 g/mol. The maximum absolute atomic E-state index is 15.2. The monoisotopic (exact) mass is 555 g/mol. The summed E-state index contributed by atoms with van der Waals surface area (Å²) in [4.78, 5) is 17.1. The summed E-state index contributed by atoms with van der Waals surface area (Å²) < 4.78 is 27.2. The highest BCUT2D eigenvalue weighted by molar-refractivity contribution is 5.83. The summed E-state index contributed by atoms with van der Waals surface area (Å²) in [6, 6.07) is 15.0. The second kappa shape index (κ2) is 10.6. The van der Waals surface area contributed by atoms with Crippen LogP contribution in [0.15, 0.2) is 54.6 Å². The predicted octanol–water partition coefficient (Wildman–Crippen LogP) is 8.38. The van der Waals surface area contributed by atoms with Crippen LogP contribution in [0.25, 0.3) is 16.7 Å². The number of hydrogen-bond acceptors (Lipinski definition) is 4. The third-order valence-corrected chi connectivity index (χ3v) is 9.29. The molecule has 1 aromatic heterocycles. The summed E-state index contributed by atoms with van der Waals surface area (Å²) >= 11 is 0. The average molecular weight is 556 g/mol. The van der Waals surface area contributed by atoms with Crippen LogP contribution in [0.3, 0.4) is 0 Å². The Morgan fingerprint density at radius 2 is 1.90 bits per heavy atom. The van der Waals surface area contributed by atoms with Crippen LogP contribution in [0.2, 0.25) is 0 Å². The average Bonchev–Trinajstić information content (AvgIpc) is 3.73. The number of fused-ring (bicyclic) bond motifs is 1. The number of rotatable bonds is 8. The maximum atomic E-state index is 15.2.